The van der Waals surface area contributed by atoms with Crippen molar-refractivity contribution in [1.82, 2.24) is 5.43 Å². The van der Waals surface area contributed by atoms with E-state index in [-0.39, 0.29) is 16.2 Å². The van der Waals surface area contributed by atoms with Gasteiger partial charge in [-0.3, -0.25) is 9.52 Å². The van der Waals surface area contributed by atoms with Gasteiger partial charge in [0.2, 0.25) is 0 Å². The van der Waals surface area contributed by atoms with Gasteiger partial charge in [0, 0.05) is 15.7 Å². The molecule has 33 heavy (non-hydrogen) atoms. The number of carbonyl (C=O) groups excluding carboxylic acids is 1. The average molecular weight is 538 g/mol. The molecule has 3 rings (SSSR count). The van der Waals surface area contributed by atoms with Gasteiger partial charge in [-0.25, -0.2) is 13.8 Å². The zero-order valence-electron chi connectivity index (χ0n) is 17.1. The lowest BCUT2D eigenvalue weighted by molar-refractivity contribution is -0.0498. The summed E-state index contributed by atoms with van der Waals surface area (Å²) in [7, 11) is -3.77. The summed E-state index contributed by atoms with van der Waals surface area (Å²) >= 11 is 3.25. The van der Waals surface area contributed by atoms with Gasteiger partial charge in [0.15, 0.2) is 0 Å². The lowest BCUT2D eigenvalue weighted by atomic mass is 10.1. The van der Waals surface area contributed by atoms with Crippen molar-refractivity contribution < 1.29 is 26.7 Å². The number of rotatable bonds is 8. The number of anilines is 1. The number of hydrogen-bond acceptors (Lipinski definition) is 5. The van der Waals surface area contributed by atoms with E-state index in [0.29, 0.717) is 17.0 Å². The molecule has 0 radical (unpaired) electrons. The maximum atomic E-state index is 12.4. The summed E-state index contributed by atoms with van der Waals surface area (Å²) in [5.74, 6) is -0.490. The Balaban J connectivity index is 1.62. The molecule has 0 saturated carbocycles. The third kappa shape index (κ3) is 6.83. The predicted molar refractivity (Wildman–Crippen MR) is 124 cm³/mol. The van der Waals surface area contributed by atoms with E-state index >= 15 is 0 Å². The van der Waals surface area contributed by atoms with Crippen LogP contribution in [-0.4, -0.2) is 26.6 Å². The minimum Gasteiger partial charge on any atom is -0.435 e. The second-order valence-corrected chi connectivity index (χ2v) is 9.28. The molecule has 0 aliphatic rings. The van der Waals surface area contributed by atoms with Crippen molar-refractivity contribution in [2.45, 2.75) is 18.4 Å². The number of sulfonamides is 1. The van der Waals surface area contributed by atoms with Crippen LogP contribution in [0.25, 0.3) is 0 Å². The fourth-order valence-corrected chi connectivity index (χ4v) is 3.98. The smallest absolute Gasteiger partial charge is 0.387 e. The molecule has 0 atom stereocenters. The number of benzene rings is 3. The van der Waals surface area contributed by atoms with E-state index in [1.807, 2.05) is 0 Å². The van der Waals surface area contributed by atoms with E-state index in [0.717, 1.165) is 4.47 Å². The van der Waals surface area contributed by atoms with Crippen molar-refractivity contribution in [3.05, 3.63) is 88.4 Å². The van der Waals surface area contributed by atoms with Gasteiger partial charge >= 0.3 is 6.61 Å². The minimum absolute atomic E-state index is 0.0152. The highest BCUT2D eigenvalue weighted by Crippen LogP contribution is 2.19. The molecule has 0 fully saturated rings. The number of alkyl halides is 2. The first-order chi connectivity index (χ1) is 15.6. The van der Waals surface area contributed by atoms with E-state index in [4.69, 9.17) is 0 Å². The standard InChI is InChI=1S/C22H18BrF2N3O4S/c1-14(15-4-10-19(11-5-15)32-22(24)25)26-27-21(29)16-2-8-18(9-3-16)28-33(30,31)20-12-6-17(23)7-13-20/h2-13,22,28H,1H3,(H,27,29). The van der Waals surface area contributed by atoms with Gasteiger partial charge in [-0.05, 0) is 85.3 Å². The van der Waals surface area contributed by atoms with Gasteiger partial charge in [-0.2, -0.15) is 13.9 Å². The zero-order valence-corrected chi connectivity index (χ0v) is 19.5. The van der Waals surface area contributed by atoms with Gasteiger partial charge in [0.25, 0.3) is 15.9 Å². The maximum Gasteiger partial charge on any atom is 0.387 e. The summed E-state index contributed by atoms with van der Waals surface area (Å²) in [4.78, 5) is 12.4. The fraction of sp³-hybridized carbons (Fsp3) is 0.0909. The van der Waals surface area contributed by atoms with Crippen molar-refractivity contribution in [3.63, 3.8) is 0 Å². The number of halogens is 3. The van der Waals surface area contributed by atoms with Crippen molar-refractivity contribution in [2.24, 2.45) is 5.10 Å². The summed E-state index contributed by atoms with van der Waals surface area (Å²) in [5.41, 5.74) is 4.01. The van der Waals surface area contributed by atoms with Gasteiger partial charge in [-0.15, -0.1) is 0 Å². The second-order valence-electron chi connectivity index (χ2n) is 6.68. The van der Waals surface area contributed by atoms with Crippen LogP contribution in [0.5, 0.6) is 5.75 Å². The molecule has 0 bridgehead atoms. The molecule has 0 aliphatic carbocycles. The summed E-state index contributed by atoms with van der Waals surface area (Å²) in [5, 5.41) is 4.00. The number of nitrogens with one attached hydrogen (secondary N) is 2. The molecule has 3 aromatic carbocycles. The molecule has 2 N–H and O–H groups in total. The summed E-state index contributed by atoms with van der Waals surface area (Å²) < 4.78 is 56.8. The van der Waals surface area contributed by atoms with Crippen LogP contribution in [0.2, 0.25) is 0 Å². The number of amides is 1. The highest BCUT2D eigenvalue weighted by Gasteiger charge is 2.14. The Morgan fingerprint density at radius 2 is 1.52 bits per heavy atom. The first-order valence-electron chi connectivity index (χ1n) is 9.42. The Hall–Kier alpha value is -3.31. The van der Waals surface area contributed by atoms with E-state index in [9.17, 15) is 22.0 Å². The van der Waals surface area contributed by atoms with E-state index < -0.39 is 22.5 Å². The molecule has 0 aromatic heterocycles. The summed E-state index contributed by atoms with van der Waals surface area (Å²) in [6.07, 6.45) is 0. The van der Waals surface area contributed by atoms with E-state index in [1.165, 1.54) is 60.7 Å². The monoisotopic (exact) mass is 537 g/mol. The van der Waals surface area contributed by atoms with Crippen LogP contribution in [0, 0.1) is 0 Å². The van der Waals surface area contributed by atoms with Gasteiger partial charge in [0.1, 0.15) is 5.75 Å². The van der Waals surface area contributed by atoms with Crippen LogP contribution in [-0.2, 0) is 10.0 Å². The number of ether oxygens (including phenoxy) is 1. The van der Waals surface area contributed by atoms with E-state index in [1.54, 1.807) is 19.1 Å². The third-order valence-corrected chi connectivity index (χ3v) is 6.27. The van der Waals surface area contributed by atoms with Crippen LogP contribution >= 0.6 is 15.9 Å². The largest absolute Gasteiger partial charge is 0.435 e. The lowest BCUT2D eigenvalue weighted by Gasteiger charge is -2.09. The highest BCUT2D eigenvalue weighted by molar-refractivity contribution is 9.10. The fourth-order valence-electron chi connectivity index (χ4n) is 2.66. The van der Waals surface area contributed by atoms with Crippen LogP contribution < -0.4 is 14.9 Å². The Bertz CT molecular complexity index is 1250. The van der Waals surface area contributed by atoms with Crippen molar-refractivity contribution >= 4 is 43.3 Å². The lowest BCUT2D eigenvalue weighted by Crippen LogP contribution is -2.19. The molecule has 0 aliphatic heterocycles. The average Bonchev–Trinajstić information content (AvgIpc) is 2.78. The molecule has 7 nitrogen and oxygen atoms in total. The molecule has 3 aromatic rings. The quantitative estimate of drug-likeness (QED) is 0.312. The molecular formula is C22H18BrF2N3O4S. The zero-order chi connectivity index (χ0) is 24.0. The minimum atomic E-state index is -3.77. The van der Waals surface area contributed by atoms with Gasteiger partial charge in [-0.1, -0.05) is 15.9 Å². The molecule has 0 unspecified atom stereocenters. The van der Waals surface area contributed by atoms with Crippen molar-refractivity contribution in [1.29, 1.82) is 0 Å². The van der Waals surface area contributed by atoms with Crippen molar-refractivity contribution in [3.8, 4) is 5.75 Å². The van der Waals surface area contributed by atoms with Gasteiger partial charge < -0.3 is 4.74 Å². The molecule has 0 heterocycles. The number of nitrogens with zero attached hydrogens (tertiary/aromatic N) is 1. The van der Waals surface area contributed by atoms with Crippen LogP contribution in [0.4, 0.5) is 14.5 Å². The third-order valence-electron chi connectivity index (χ3n) is 4.35. The number of hydrogen-bond donors (Lipinski definition) is 2. The number of carbonyl (C=O) groups is 1. The summed E-state index contributed by atoms with van der Waals surface area (Å²) in [6.45, 7) is -1.27. The normalized spacial score (nSPS) is 11.8. The molecule has 0 saturated heterocycles. The highest BCUT2D eigenvalue weighted by atomic mass is 79.9. The predicted octanol–water partition coefficient (Wildman–Crippen LogP) is 5.01. The number of hydrazone groups is 1. The molecular weight excluding hydrogens is 520 g/mol. The molecule has 172 valence electrons. The second kappa shape index (κ2) is 10.5. The Morgan fingerprint density at radius 3 is 2.09 bits per heavy atom. The van der Waals surface area contributed by atoms with Crippen LogP contribution in [0.3, 0.4) is 0 Å². The first kappa shape index (κ1) is 24.3. The molecule has 1 amide bonds. The topological polar surface area (TPSA) is 96.9 Å². The Morgan fingerprint density at radius 1 is 0.939 bits per heavy atom. The first-order valence-corrected chi connectivity index (χ1v) is 11.7. The summed E-state index contributed by atoms with van der Waals surface area (Å²) in [6, 6.07) is 17.8. The van der Waals surface area contributed by atoms with Gasteiger partial charge in [0.05, 0.1) is 10.6 Å². The molecule has 0 spiro atoms. The Labute approximate surface area is 197 Å². The van der Waals surface area contributed by atoms with Crippen LogP contribution in [0.1, 0.15) is 22.8 Å². The maximum absolute atomic E-state index is 12.4. The van der Waals surface area contributed by atoms with E-state index in [2.05, 4.69) is 35.9 Å². The SMILES string of the molecule is CC(=NNC(=O)c1ccc(NS(=O)(=O)c2ccc(Br)cc2)cc1)c1ccc(OC(F)F)cc1. The van der Waals surface area contributed by atoms with Crippen LogP contribution in [0.15, 0.2) is 87.3 Å². The Kier molecular flexibility index (Phi) is 7.77. The molecule has 11 heteroatoms. The van der Waals surface area contributed by atoms with Crippen molar-refractivity contribution in [2.75, 3.05) is 4.72 Å².